The number of carbonyl (C=O) groups is 1. The summed E-state index contributed by atoms with van der Waals surface area (Å²) in [6.07, 6.45) is 7.60. The SMILES string of the molecule is CCC[C@@H]1CCCN(C(=O)c2cccnc2OC)CC1. The number of pyridine rings is 1. The number of aromatic nitrogens is 1. The summed E-state index contributed by atoms with van der Waals surface area (Å²) in [5, 5.41) is 0. The molecule has 1 saturated heterocycles. The van der Waals surface area contributed by atoms with E-state index < -0.39 is 0 Å². The molecule has 0 aliphatic carbocycles. The van der Waals surface area contributed by atoms with E-state index >= 15 is 0 Å². The number of rotatable bonds is 4. The van der Waals surface area contributed by atoms with E-state index in [0.717, 1.165) is 31.8 Å². The molecule has 0 bridgehead atoms. The second-order valence-corrected chi connectivity index (χ2v) is 5.44. The van der Waals surface area contributed by atoms with Crippen molar-refractivity contribution in [2.75, 3.05) is 20.2 Å². The second-order valence-electron chi connectivity index (χ2n) is 5.44. The Hall–Kier alpha value is -1.58. The van der Waals surface area contributed by atoms with Gasteiger partial charge in [0.2, 0.25) is 5.88 Å². The van der Waals surface area contributed by atoms with Crippen LogP contribution < -0.4 is 4.74 Å². The summed E-state index contributed by atoms with van der Waals surface area (Å²) < 4.78 is 5.19. The molecule has 1 aliphatic heterocycles. The van der Waals surface area contributed by atoms with E-state index in [1.165, 1.54) is 19.3 Å². The first-order valence-corrected chi connectivity index (χ1v) is 7.54. The van der Waals surface area contributed by atoms with E-state index in [2.05, 4.69) is 11.9 Å². The van der Waals surface area contributed by atoms with Crippen molar-refractivity contribution in [2.45, 2.75) is 39.0 Å². The van der Waals surface area contributed by atoms with E-state index in [4.69, 9.17) is 4.74 Å². The lowest BCUT2D eigenvalue weighted by molar-refractivity contribution is 0.0755. The molecular formula is C16H24N2O2. The smallest absolute Gasteiger partial charge is 0.259 e. The lowest BCUT2D eigenvalue weighted by Crippen LogP contribution is -2.32. The van der Waals surface area contributed by atoms with Crippen LogP contribution in [0.4, 0.5) is 0 Å². The van der Waals surface area contributed by atoms with Crippen LogP contribution in [0.15, 0.2) is 18.3 Å². The molecule has 1 fully saturated rings. The molecule has 1 aliphatic rings. The number of nitrogens with zero attached hydrogens (tertiary/aromatic N) is 2. The molecule has 4 nitrogen and oxygen atoms in total. The predicted octanol–water partition coefficient (Wildman–Crippen LogP) is 3.13. The van der Waals surface area contributed by atoms with Crippen molar-refractivity contribution in [1.82, 2.24) is 9.88 Å². The third-order valence-corrected chi connectivity index (χ3v) is 4.03. The number of methoxy groups -OCH3 is 1. The highest BCUT2D eigenvalue weighted by molar-refractivity contribution is 5.96. The fourth-order valence-corrected chi connectivity index (χ4v) is 2.95. The van der Waals surface area contributed by atoms with E-state index in [1.54, 1.807) is 25.4 Å². The molecule has 20 heavy (non-hydrogen) atoms. The number of hydrogen-bond donors (Lipinski definition) is 0. The van der Waals surface area contributed by atoms with Crippen molar-refractivity contribution in [3.05, 3.63) is 23.9 Å². The number of amides is 1. The number of likely N-dealkylation sites (tertiary alicyclic amines) is 1. The Bertz CT molecular complexity index is 448. The van der Waals surface area contributed by atoms with Gasteiger partial charge in [0.1, 0.15) is 5.56 Å². The maximum atomic E-state index is 12.6. The third kappa shape index (κ3) is 3.50. The normalized spacial score (nSPS) is 19.5. The van der Waals surface area contributed by atoms with Crippen LogP contribution in [0.1, 0.15) is 49.4 Å². The number of hydrogen-bond acceptors (Lipinski definition) is 3. The molecule has 4 heteroatoms. The van der Waals surface area contributed by atoms with E-state index in [-0.39, 0.29) is 5.91 Å². The van der Waals surface area contributed by atoms with Gasteiger partial charge >= 0.3 is 0 Å². The van der Waals surface area contributed by atoms with Crippen LogP contribution in [0.5, 0.6) is 5.88 Å². The molecule has 0 unspecified atom stereocenters. The maximum Gasteiger partial charge on any atom is 0.259 e. The highest BCUT2D eigenvalue weighted by Crippen LogP contribution is 2.24. The van der Waals surface area contributed by atoms with Crippen molar-refractivity contribution < 1.29 is 9.53 Å². The average Bonchev–Trinajstić information content (AvgIpc) is 2.72. The molecule has 0 spiro atoms. The summed E-state index contributed by atoms with van der Waals surface area (Å²) in [4.78, 5) is 18.7. The Morgan fingerprint density at radius 1 is 1.45 bits per heavy atom. The Morgan fingerprint density at radius 2 is 2.30 bits per heavy atom. The molecule has 2 rings (SSSR count). The van der Waals surface area contributed by atoms with E-state index in [1.807, 2.05) is 4.90 Å². The monoisotopic (exact) mass is 276 g/mol. The molecule has 110 valence electrons. The largest absolute Gasteiger partial charge is 0.480 e. The van der Waals surface area contributed by atoms with Gasteiger partial charge in [-0.2, -0.15) is 0 Å². The van der Waals surface area contributed by atoms with Gasteiger partial charge in [-0.1, -0.05) is 19.8 Å². The van der Waals surface area contributed by atoms with Gasteiger partial charge in [0, 0.05) is 19.3 Å². The van der Waals surface area contributed by atoms with Crippen LogP contribution in [-0.4, -0.2) is 36.0 Å². The summed E-state index contributed by atoms with van der Waals surface area (Å²) in [5.41, 5.74) is 0.573. The quantitative estimate of drug-likeness (QED) is 0.848. The molecule has 0 radical (unpaired) electrons. The highest BCUT2D eigenvalue weighted by atomic mass is 16.5. The zero-order chi connectivity index (χ0) is 14.4. The van der Waals surface area contributed by atoms with Gasteiger partial charge in [-0.3, -0.25) is 4.79 Å². The van der Waals surface area contributed by atoms with Crippen LogP contribution in [0.3, 0.4) is 0 Å². The van der Waals surface area contributed by atoms with Gasteiger partial charge in [-0.05, 0) is 37.3 Å². The molecule has 2 heterocycles. The fourth-order valence-electron chi connectivity index (χ4n) is 2.95. The van der Waals surface area contributed by atoms with Crippen LogP contribution in [0.2, 0.25) is 0 Å². The first-order valence-electron chi connectivity index (χ1n) is 7.54. The van der Waals surface area contributed by atoms with Gasteiger partial charge in [0.25, 0.3) is 5.91 Å². The molecule has 0 N–H and O–H groups in total. The molecule has 1 atom stereocenters. The lowest BCUT2D eigenvalue weighted by Gasteiger charge is -2.21. The Labute approximate surface area is 121 Å². The van der Waals surface area contributed by atoms with E-state index in [9.17, 15) is 4.79 Å². The second kappa shape index (κ2) is 7.27. The summed E-state index contributed by atoms with van der Waals surface area (Å²) >= 11 is 0. The molecule has 1 aromatic rings. The van der Waals surface area contributed by atoms with Gasteiger partial charge in [-0.15, -0.1) is 0 Å². The molecule has 1 aromatic heterocycles. The van der Waals surface area contributed by atoms with Crippen LogP contribution in [-0.2, 0) is 0 Å². The molecule has 0 saturated carbocycles. The summed E-state index contributed by atoms with van der Waals surface area (Å²) in [7, 11) is 1.55. The van der Waals surface area contributed by atoms with Crippen molar-refractivity contribution >= 4 is 5.91 Å². The Balaban J connectivity index is 2.05. The van der Waals surface area contributed by atoms with Crippen LogP contribution in [0.25, 0.3) is 0 Å². The standard InChI is InChI=1S/C16H24N2O2/c1-3-6-13-7-5-11-18(12-9-13)16(19)14-8-4-10-17-15(14)20-2/h4,8,10,13H,3,5-7,9,11-12H2,1-2H3/t13-/m1/s1. The summed E-state index contributed by atoms with van der Waals surface area (Å²) in [6, 6.07) is 3.58. The first-order chi connectivity index (χ1) is 9.76. The zero-order valence-corrected chi connectivity index (χ0v) is 12.5. The van der Waals surface area contributed by atoms with Crippen LogP contribution >= 0.6 is 0 Å². The van der Waals surface area contributed by atoms with Gasteiger partial charge < -0.3 is 9.64 Å². The molecule has 1 amide bonds. The molecule has 0 aromatic carbocycles. The fraction of sp³-hybridized carbons (Fsp3) is 0.625. The highest BCUT2D eigenvalue weighted by Gasteiger charge is 2.23. The minimum atomic E-state index is 0.0482. The third-order valence-electron chi connectivity index (χ3n) is 4.03. The van der Waals surface area contributed by atoms with Crippen molar-refractivity contribution in [1.29, 1.82) is 0 Å². The van der Waals surface area contributed by atoms with Crippen LogP contribution in [0, 0.1) is 5.92 Å². The van der Waals surface area contributed by atoms with Crippen molar-refractivity contribution in [3.63, 3.8) is 0 Å². The minimum absolute atomic E-state index is 0.0482. The van der Waals surface area contributed by atoms with E-state index in [0.29, 0.717) is 11.4 Å². The minimum Gasteiger partial charge on any atom is -0.480 e. The Kier molecular flexibility index (Phi) is 5.39. The lowest BCUT2D eigenvalue weighted by atomic mass is 9.96. The average molecular weight is 276 g/mol. The van der Waals surface area contributed by atoms with Crippen molar-refractivity contribution in [2.24, 2.45) is 5.92 Å². The summed E-state index contributed by atoms with van der Waals surface area (Å²) in [5.74, 6) is 1.24. The zero-order valence-electron chi connectivity index (χ0n) is 12.5. The Morgan fingerprint density at radius 3 is 3.05 bits per heavy atom. The maximum absolute atomic E-state index is 12.6. The van der Waals surface area contributed by atoms with Gasteiger partial charge in [-0.25, -0.2) is 4.98 Å². The number of ether oxygens (including phenoxy) is 1. The van der Waals surface area contributed by atoms with Gasteiger partial charge in [0.15, 0.2) is 0 Å². The van der Waals surface area contributed by atoms with Crippen molar-refractivity contribution in [3.8, 4) is 5.88 Å². The summed E-state index contributed by atoms with van der Waals surface area (Å²) in [6.45, 7) is 3.92. The predicted molar refractivity (Wildman–Crippen MR) is 78.9 cm³/mol. The molecular weight excluding hydrogens is 252 g/mol. The van der Waals surface area contributed by atoms with Gasteiger partial charge in [0.05, 0.1) is 7.11 Å². The first kappa shape index (κ1) is 14.8. The topological polar surface area (TPSA) is 42.4 Å². The number of carbonyl (C=O) groups excluding carboxylic acids is 1.